The lowest BCUT2D eigenvalue weighted by molar-refractivity contribution is -0.207. The normalized spacial score (nSPS) is 46.3. The first kappa shape index (κ1) is 25.8. The molecule has 0 saturated heterocycles. The molecule has 3 saturated carbocycles. The lowest BCUT2D eigenvalue weighted by Crippen LogP contribution is -2.63. The number of ether oxygens (including phenoxy) is 1. The summed E-state index contributed by atoms with van der Waals surface area (Å²) < 4.78 is 5.77. The third-order valence-corrected chi connectivity index (χ3v) is 8.70. The summed E-state index contributed by atoms with van der Waals surface area (Å²) in [6.07, 6.45) is 4.10. The summed E-state index contributed by atoms with van der Waals surface area (Å²) in [5.74, 6) is -0.520. The fourth-order valence-electron chi connectivity index (χ4n) is 6.70. The maximum absolute atomic E-state index is 13.1. The summed E-state index contributed by atoms with van der Waals surface area (Å²) >= 11 is 0. The molecule has 3 rings (SSSR count). The highest BCUT2D eigenvalue weighted by Crippen LogP contribution is 2.67. The van der Waals surface area contributed by atoms with Crippen molar-refractivity contribution in [2.24, 2.45) is 34.0 Å². The number of hydrogen-bond donors (Lipinski definition) is 2. The number of aliphatic hydroxyl groups is 2. The summed E-state index contributed by atoms with van der Waals surface area (Å²) in [5, 5.41) is 20.6. The Kier molecular flexibility index (Phi) is 7.58. The maximum atomic E-state index is 13.1. The molecular formula is C24H42O5. The van der Waals surface area contributed by atoms with Gasteiger partial charge in [-0.1, -0.05) is 48.6 Å². The second-order valence-corrected chi connectivity index (χ2v) is 9.72. The van der Waals surface area contributed by atoms with Crippen molar-refractivity contribution >= 4 is 11.8 Å². The second-order valence-electron chi connectivity index (χ2n) is 9.72. The fourth-order valence-corrected chi connectivity index (χ4v) is 6.70. The highest BCUT2D eigenvalue weighted by molar-refractivity contribution is 5.85. The molecule has 3 aliphatic carbocycles. The molecule has 3 aliphatic rings. The largest absolute Gasteiger partial charge is 0.460 e. The van der Waals surface area contributed by atoms with E-state index in [1.807, 2.05) is 6.92 Å². The zero-order chi connectivity index (χ0) is 20.2. The molecular weight excluding hydrogens is 368 g/mol. The predicted molar refractivity (Wildman–Crippen MR) is 115 cm³/mol. The molecule has 0 spiro atoms. The Morgan fingerprint density at radius 2 is 1.90 bits per heavy atom. The molecule has 2 bridgehead atoms. The van der Waals surface area contributed by atoms with E-state index in [9.17, 15) is 19.8 Å². The highest BCUT2D eigenvalue weighted by atomic mass is 16.6. The molecule has 0 aliphatic heterocycles. The van der Waals surface area contributed by atoms with E-state index >= 15 is 0 Å². The van der Waals surface area contributed by atoms with Crippen LogP contribution in [0.25, 0.3) is 0 Å². The minimum Gasteiger partial charge on any atom is -0.460 e. The van der Waals surface area contributed by atoms with Crippen LogP contribution in [0.2, 0.25) is 0 Å². The zero-order valence-corrected chi connectivity index (χ0v) is 17.0. The van der Waals surface area contributed by atoms with Crippen LogP contribution in [0.3, 0.4) is 0 Å². The van der Waals surface area contributed by atoms with Gasteiger partial charge < -0.3 is 14.9 Å². The average molecular weight is 411 g/mol. The molecule has 0 aromatic heterocycles. The molecule has 0 aromatic rings. The van der Waals surface area contributed by atoms with Crippen LogP contribution in [-0.2, 0) is 14.3 Å². The molecule has 0 aromatic carbocycles. The van der Waals surface area contributed by atoms with Gasteiger partial charge in [-0.3, -0.25) is 4.79 Å². The highest BCUT2D eigenvalue weighted by Gasteiger charge is 2.68. The van der Waals surface area contributed by atoms with Crippen molar-refractivity contribution in [2.75, 3.05) is 6.61 Å². The average Bonchev–Trinajstić information content (AvgIpc) is 3.00. The predicted octanol–water partition coefficient (Wildman–Crippen LogP) is 4.16. The van der Waals surface area contributed by atoms with Crippen LogP contribution in [0.4, 0.5) is 0 Å². The lowest BCUT2D eigenvalue weighted by Gasteiger charge is -2.61. The van der Waals surface area contributed by atoms with Crippen LogP contribution in [-0.4, -0.2) is 40.8 Å². The first-order valence-electron chi connectivity index (χ1n) is 10.2. The standard InChI is InChI=1S/C22H34O5.2CH4/c1-6-20(4)11-16(27-17(25)12-23)21(5)13(2)7-9-22(14(3)19(20)26)10-8-15(24)18(21)22;;/h6,13-14,16,18-19,23,26H,1,7-12H2,2-5H3;2*1H4/t13?,14-,16+,18?,19-,20+,21-,22-;;/m0../s1. The van der Waals surface area contributed by atoms with Crippen molar-refractivity contribution in [1.82, 2.24) is 0 Å². The molecule has 2 N–H and O–H groups in total. The topological polar surface area (TPSA) is 83.8 Å². The number of rotatable bonds is 3. The number of Topliss-reactive ketones (excluding diaryl/α,β-unsaturated/α-hetero) is 1. The van der Waals surface area contributed by atoms with Crippen molar-refractivity contribution in [3.63, 3.8) is 0 Å². The Hall–Kier alpha value is -1.20. The first-order valence-corrected chi connectivity index (χ1v) is 10.2. The van der Waals surface area contributed by atoms with Crippen LogP contribution >= 0.6 is 0 Å². The summed E-state index contributed by atoms with van der Waals surface area (Å²) in [6.45, 7) is 11.5. The Morgan fingerprint density at radius 1 is 1.28 bits per heavy atom. The third kappa shape index (κ3) is 3.48. The van der Waals surface area contributed by atoms with Gasteiger partial charge in [0, 0.05) is 23.2 Å². The number of aliphatic hydroxyl groups excluding tert-OH is 2. The van der Waals surface area contributed by atoms with Gasteiger partial charge in [0.25, 0.3) is 0 Å². The van der Waals surface area contributed by atoms with Gasteiger partial charge >= 0.3 is 5.97 Å². The quantitative estimate of drug-likeness (QED) is 0.539. The molecule has 5 nitrogen and oxygen atoms in total. The minimum atomic E-state index is -0.686. The Bertz CT molecular complexity index is 645. The lowest BCUT2D eigenvalue weighted by atomic mass is 9.44. The number of hydrogen-bond acceptors (Lipinski definition) is 5. The van der Waals surface area contributed by atoms with Crippen molar-refractivity contribution in [3.05, 3.63) is 12.7 Å². The van der Waals surface area contributed by atoms with Crippen molar-refractivity contribution in [2.45, 2.75) is 86.9 Å². The van der Waals surface area contributed by atoms with E-state index < -0.39 is 35.6 Å². The van der Waals surface area contributed by atoms with Gasteiger partial charge in [-0.25, -0.2) is 4.79 Å². The van der Waals surface area contributed by atoms with E-state index in [-0.39, 0.29) is 43.8 Å². The van der Waals surface area contributed by atoms with E-state index in [1.165, 1.54) is 0 Å². The van der Waals surface area contributed by atoms with Crippen LogP contribution in [0.5, 0.6) is 0 Å². The summed E-state index contributed by atoms with van der Waals surface area (Å²) in [6, 6.07) is 0. The van der Waals surface area contributed by atoms with Gasteiger partial charge in [0.05, 0.1) is 6.10 Å². The molecule has 0 heterocycles. The molecule has 168 valence electrons. The van der Waals surface area contributed by atoms with Gasteiger partial charge in [0.15, 0.2) is 0 Å². The van der Waals surface area contributed by atoms with E-state index in [0.29, 0.717) is 12.8 Å². The molecule has 2 unspecified atom stereocenters. The number of esters is 1. The van der Waals surface area contributed by atoms with Crippen LogP contribution < -0.4 is 0 Å². The first-order chi connectivity index (χ1) is 12.6. The SMILES string of the molecule is C.C.C=C[C@]1(C)C[C@@H](OC(=O)CO)[C@]2(C)C(C)CC[C@]3(CCC(=O)C32)[C@@H](C)[C@@H]1O. The molecule has 8 atom stereocenters. The van der Waals surface area contributed by atoms with Crippen molar-refractivity contribution < 1.29 is 24.5 Å². The zero-order valence-electron chi connectivity index (χ0n) is 17.0. The Balaban J connectivity index is 0.00000210. The smallest absolute Gasteiger partial charge is 0.332 e. The number of ketones is 1. The minimum absolute atomic E-state index is 0. The van der Waals surface area contributed by atoms with E-state index in [4.69, 9.17) is 4.74 Å². The Labute approximate surface area is 176 Å². The van der Waals surface area contributed by atoms with Gasteiger partial charge in [-0.05, 0) is 42.9 Å². The van der Waals surface area contributed by atoms with Crippen LogP contribution in [0.15, 0.2) is 12.7 Å². The summed E-state index contributed by atoms with van der Waals surface area (Å²) in [7, 11) is 0. The molecule has 3 fully saturated rings. The fraction of sp³-hybridized carbons (Fsp3) is 0.833. The molecule has 0 radical (unpaired) electrons. The van der Waals surface area contributed by atoms with Crippen molar-refractivity contribution in [3.8, 4) is 0 Å². The molecule has 29 heavy (non-hydrogen) atoms. The molecule has 5 heteroatoms. The summed E-state index contributed by atoms with van der Waals surface area (Å²) in [5.41, 5.74) is -1.43. The molecule has 0 amide bonds. The Morgan fingerprint density at radius 3 is 2.45 bits per heavy atom. The van der Waals surface area contributed by atoms with E-state index in [2.05, 4.69) is 27.4 Å². The maximum Gasteiger partial charge on any atom is 0.332 e. The van der Waals surface area contributed by atoms with Gasteiger partial charge in [0.1, 0.15) is 18.5 Å². The van der Waals surface area contributed by atoms with Crippen LogP contribution in [0, 0.1) is 34.0 Å². The number of carbonyl (C=O) groups excluding carboxylic acids is 2. The van der Waals surface area contributed by atoms with Gasteiger partial charge in [-0.2, -0.15) is 0 Å². The number of carbonyl (C=O) groups is 2. The van der Waals surface area contributed by atoms with Crippen LogP contribution in [0.1, 0.15) is 74.7 Å². The van der Waals surface area contributed by atoms with Crippen molar-refractivity contribution in [1.29, 1.82) is 0 Å². The monoisotopic (exact) mass is 410 g/mol. The third-order valence-electron chi connectivity index (χ3n) is 8.70. The second kappa shape index (κ2) is 8.50. The van der Waals surface area contributed by atoms with Gasteiger partial charge in [0.2, 0.25) is 0 Å². The van der Waals surface area contributed by atoms with E-state index in [1.54, 1.807) is 6.08 Å². The van der Waals surface area contributed by atoms with E-state index in [0.717, 1.165) is 19.3 Å². The summed E-state index contributed by atoms with van der Waals surface area (Å²) in [4.78, 5) is 25.2. The van der Waals surface area contributed by atoms with Gasteiger partial charge in [-0.15, -0.1) is 6.58 Å².